The number of halogens is 4. The number of hydrogen-bond donors (Lipinski definition) is 0. The SMILES string of the molecule is O=C(c1cccc(Cl)c1F)c1cccc(Cl)c1F. The van der Waals surface area contributed by atoms with Crippen molar-refractivity contribution in [2.45, 2.75) is 0 Å². The molecule has 92 valence electrons. The van der Waals surface area contributed by atoms with E-state index in [4.69, 9.17) is 23.2 Å². The van der Waals surface area contributed by atoms with E-state index in [2.05, 4.69) is 0 Å². The van der Waals surface area contributed by atoms with Crippen molar-refractivity contribution >= 4 is 29.0 Å². The van der Waals surface area contributed by atoms with Crippen LogP contribution in [0.4, 0.5) is 8.78 Å². The highest BCUT2D eigenvalue weighted by Crippen LogP contribution is 2.24. The van der Waals surface area contributed by atoms with E-state index in [-0.39, 0.29) is 21.2 Å². The van der Waals surface area contributed by atoms with Crippen LogP contribution in [0.5, 0.6) is 0 Å². The average Bonchev–Trinajstić information content (AvgIpc) is 2.35. The minimum atomic E-state index is -0.872. The van der Waals surface area contributed by atoms with Gasteiger partial charge in [0.25, 0.3) is 0 Å². The first kappa shape index (κ1) is 13.0. The molecule has 1 nitrogen and oxygen atoms in total. The second-order valence-electron chi connectivity index (χ2n) is 3.53. The zero-order valence-electron chi connectivity index (χ0n) is 8.88. The lowest BCUT2D eigenvalue weighted by molar-refractivity contribution is 0.103. The molecule has 0 radical (unpaired) electrons. The van der Waals surface area contributed by atoms with Gasteiger partial charge in [0.05, 0.1) is 21.2 Å². The Bertz CT molecular complexity index is 573. The Morgan fingerprint density at radius 3 is 1.61 bits per heavy atom. The van der Waals surface area contributed by atoms with Crippen molar-refractivity contribution in [3.8, 4) is 0 Å². The molecule has 2 rings (SSSR count). The fraction of sp³-hybridized carbons (Fsp3) is 0. The van der Waals surface area contributed by atoms with E-state index >= 15 is 0 Å². The predicted molar refractivity (Wildman–Crippen MR) is 66.3 cm³/mol. The van der Waals surface area contributed by atoms with Crippen LogP contribution in [0.25, 0.3) is 0 Å². The Kier molecular flexibility index (Phi) is 3.64. The van der Waals surface area contributed by atoms with E-state index in [9.17, 15) is 13.6 Å². The van der Waals surface area contributed by atoms with Gasteiger partial charge in [0.15, 0.2) is 17.4 Å². The molecule has 0 aromatic heterocycles. The number of hydrogen-bond acceptors (Lipinski definition) is 1. The van der Waals surface area contributed by atoms with Crippen LogP contribution in [0, 0.1) is 11.6 Å². The molecule has 2 aromatic rings. The summed E-state index contributed by atoms with van der Waals surface area (Å²) in [6.45, 7) is 0. The second-order valence-corrected chi connectivity index (χ2v) is 4.35. The maximum atomic E-state index is 13.7. The summed E-state index contributed by atoms with van der Waals surface area (Å²) >= 11 is 11.1. The number of carbonyl (C=O) groups excluding carboxylic acids is 1. The van der Waals surface area contributed by atoms with Crippen molar-refractivity contribution in [1.82, 2.24) is 0 Å². The van der Waals surface area contributed by atoms with Gasteiger partial charge in [-0.1, -0.05) is 35.3 Å². The molecule has 0 bridgehead atoms. The summed E-state index contributed by atoms with van der Waals surface area (Å²) in [4.78, 5) is 12.0. The molecule has 0 saturated carbocycles. The molecule has 0 aliphatic carbocycles. The highest BCUT2D eigenvalue weighted by Gasteiger charge is 2.20. The third-order valence-electron chi connectivity index (χ3n) is 2.39. The van der Waals surface area contributed by atoms with E-state index in [1.54, 1.807) is 0 Å². The number of ketones is 1. The topological polar surface area (TPSA) is 17.1 Å². The minimum absolute atomic E-state index is 0.191. The van der Waals surface area contributed by atoms with Crippen LogP contribution in [-0.4, -0.2) is 5.78 Å². The second kappa shape index (κ2) is 5.04. The number of rotatable bonds is 2. The summed E-state index contributed by atoms with van der Waals surface area (Å²) in [5.41, 5.74) is -0.577. The number of benzene rings is 2. The molecule has 18 heavy (non-hydrogen) atoms. The first-order valence-electron chi connectivity index (χ1n) is 4.95. The van der Waals surface area contributed by atoms with Crippen molar-refractivity contribution in [2.75, 3.05) is 0 Å². The number of carbonyl (C=O) groups is 1. The lowest BCUT2D eigenvalue weighted by Gasteiger charge is -2.05. The molecule has 0 N–H and O–H groups in total. The first-order chi connectivity index (χ1) is 8.52. The molecular formula is C13H6Cl2F2O. The van der Waals surface area contributed by atoms with Gasteiger partial charge >= 0.3 is 0 Å². The molecule has 0 aliphatic rings. The summed E-state index contributed by atoms with van der Waals surface area (Å²) in [6.07, 6.45) is 0. The van der Waals surface area contributed by atoms with E-state index < -0.39 is 17.4 Å². The van der Waals surface area contributed by atoms with Gasteiger partial charge < -0.3 is 0 Å². The highest BCUT2D eigenvalue weighted by atomic mass is 35.5. The average molecular weight is 287 g/mol. The van der Waals surface area contributed by atoms with E-state index in [1.165, 1.54) is 36.4 Å². The summed E-state index contributed by atoms with van der Waals surface area (Å²) in [5, 5.41) is -0.383. The third kappa shape index (κ3) is 2.24. The Labute approximate surface area is 112 Å². The molecule has 0 fully saturated rings. The standard InChI is InChI=1S/C13H6Cl2F2O/c14-9-5-1-3-7(11(9)16)13(18)8-4-2-6-10(15)12(8)17/h1-6H. The maximum Gasteiger partial charge on any atom is 0.199 e. The molecule has 0 aliphatic heterocycles. The fourth-order valence-corrected chi connectivity index (χ4v) is 1.85. The van der Waals surface area contributed by atoms with Gasteiger partial charge in [-0.15, -0.1) is 0 Å². The van der Waals surface area contributed by atoms with Crippen LogP contribution in [-0.2, 0) is 0 Å². The normalized spacial score (nSPS) is 10.4. The molecule has 0 heterocycles. The molecule has 0 spiro atoms. The fourth-order valence-electron chi connectivity index (χ4n) is 1.50. The van der Waals surface area contributed by atoms with Crippen LogP contribution in [0.15, 0.2) is 36.4 Å². The summed E-state index contributed by atoms with van der Waals surface area (Å²) < 4.78 is 27.3. The predicted octanol–water partition coefficient (Wildman–Crippen LogP) is 4.50. The maximum absolute atomic E-state index is 13.7. The Morgan fingerprint density at radius 1 is 0.833 bits per heavy atom. The Morgan fingerprint density at radius 2 is 1.22 bits per heavy atom. The van der Waals surface area contributed by atoms with Crippen LogP contribution >= 0.6 is 23.2 Å². The van der Waals surface area contributed by atoms with Crippen molar-refractivity contribution in [3.63, 3.8) is 0 Å². The summed E-state index contributed by atoms with van der Waals surface area (Å²) in [7, 11) is 0. The first-order valence-corrected chi connectivity index (χ1v) is 5.70. The molecule has 0 amide bonds. The largest absolute Gasteiger partial charge is 0.288 e. The Balaban J connectivity index is 2.55. The van der Waals surface area contributed by atoms with Gasteiger partial charge in [-0.25, -0.2) is 8.78 Å². The zero-order chi connectivity index (χ0) is 13.3. The smallest absolute Gasteiger partial charge is 0.199 e. The molecule has 0 unspecified atom stereocenters. The molecule has 0 atom stereocenters. The van der Waals surface area contributed by atoms with Crippen molar-refractivity contribution in [2.24, 2.45) is 0 Å². The van der Waals surface area contributed by atoms with Crippen LogP contribution in [0.2, 0.25) is 10.0 Å². The summed E-state index contributed by atoms with van der Waals surface area (Å²) in [6, 6.07) is 7.93. The highest BCUT2D eigenvalue weighted by molar-refractivity contribution is 6.32. The van der Waals surface area contributed by atoms with Gasteiger partial charge in [0.1, 0.15) is 0 Å². The Hall–Kier alpha value is -1.45. The molecule has 2 aromatic carbocycles. The van der Waals surface area contributed by atoms with Gasteiger partial charge in [0, 0.05) is 0 Å². The molecule has 0 saturated heterocycles. The van der Waals surface area contributed by atoms with Crippen LogP contribution in [0.3, 0.4) is 0 Å². The summed E-state index contributed by atoms with van der Waals surface area (Å²) in [5.74, 6) is -2.54. The van der Waals surface area contributed by atoms with Gasteiger partial charge in [0.2, 0.25) is 0 Å². The monoisotopic (exact) mass is 286 g/mol. The zero-order valence-corrected chi connectivity index (χ0v) is 10.4. The van der Waals surface area contributed by atoms with E-state index in [0.29, 0.717) is 0 Å². The quantitative estimate of drug-likeness (QED) is 0.743. The van der Waals surface area contributed by atoms with Crippen LogP contribution < -0.4 is 0 Å². The molecule has 5 heteroatoms. The van der Waals surface area contributed by atoms with Crippen LogP contribution in [0.1, 0.15) is 15.9 Å². The van der Waals surface area contributed by atoms with E-state index in [1.807, 2.05) is 0 Å². The van der Waals surface area contributed by atoms with Crippen molar-refractivity contribution in [3.05, 3.63) is 69.2 Å². The van der Waals surface area contributed by atoms with Crippen molar-refractivity contribution < 1.29 is 13.6 Å². The van der Waals surface area contributed by atoms with Gasteiger partial charge in [-0.3, -0.25) is 4.79 Å². The van der Waals surface area contributed by atoms with E-state index in [0.717, 1.165) is 0 Å². The third-order valence-corrected chi connectivity index (χ3v) is 2.98. The van der Waals surface area contributed by atoms with Gasteiger partial charge in [-0.2, -0.15) is 0 Å². The lowest BCUT2D eigenvalue weighted by Crippen LogP contribution is -2.07. The van der Waals surface area contributed by atoms with Crippen molar-refractivity contribution in [1.29, 1.82) is 0 Å². The van der Waals surface area contributed by atoms with Gasteiger partial charge in [-0.05, 0) is 24.3 Å². The minimum Gasteiger partial charge on any atom is -0.288 e. The lowest BCUT2D eigenvalue weighted by atomic mass is 10.0. The molecular weight excluding hydrogens is 281 g/mol.